The summed E-state index contributed by atoms with van der Waals surface area (Å²) in [6.07, 6.45) is 2.95. The van der Waals surface area contributed by atoms with Gasteiger partial charge in [0.05, 0.1) is 0 Å². The Labute approximate surface area is 105 Å². The van der Waals surface area contributed by atoms with Crippen LogP contribution in [-0.4, -0.2) is 19.3 Å². The van der Waals surface area contributed by atoms with E-state index in [4.69, 9.17) is 10.5 Å². The van der Waals surface area contributed by atoms with Crippen molar-refractivity contribution in [2.24, 2.45) is 11.7 Å². The summed E-state index contributed by atoms with van der Waals surface area (Å²) in [4.78, 5) is 0. The van der Waals surface area contributed by atoms with Crippen molar-refractivity contribution in [3.05, 3.63) is 35.9 Å². The van der Waals surface area contributed by atoms with Gasteiger partial charge < -0.3 is 10.5 Å². The highest BCUT2D eigenvalue weighted by Crippen LogP contribution is 2.26. The molecule has 1 aromatic carbocycles. The predicted octanol–water partition coefficient (Wildman–Crippen LogP) is 3.01. The smallest absolute Gasteiger partial charge is 0.0465 e. The number of rotatable bonds is 7. The molecule has 0 aromatic heterocycles. The van der Waals surface area contributed by atoms with Crippen LogP contribution in [0, 0.1) is 5.92 Å². The normalized spacial score (nSPS) is 16.5. The molecule has 1 aromatic rings. The molecule has 0 saturated heterocycles. The second kappa shape index (κ2) is 6.77. The first-order chi connectivity index (χ1) is 8.12. The summed E-state index contributed by atoms with van der Waals surface area (Å²) < 4.78 is 5.15. The van der Waals surface area contributed by atoms with E-state index in [-0.39, 0.29) is 5.54 Å². The fourth-order valence-corrected chi connectivity index (χ4v) is 2.21. The molecule has 1 rings (SSSR count). The Kier molecular flexibility index (Phi) is 5.66. The minimum atomic E-state index is -0.125. The molecule has 0 aliphatic carbocycles. The molecule has 2 N–H and O–H groups in total. The van der Waals surface area contributed by atoms with Crippen LogP contribution in [0.4, 0.5) is 0 Å². The van der Waals surface area contributed by atoms with Gasteiger partial charge in [0.25, 0.3) is 0 Å². The van der Waals surface area contributed by atoms with Crippen LogP contribution in [0.1, 0.15) is 32.3 Å². The molecule has 0 amide bonds. The van der Waals surface area contributed by atoms with Crippen molar-refractivity contribution in [2.75, 3.05) is 13.7 Å². The highest BCUT2D eigenvalue weighted by Gasteiger charge is 2.29. The first-order valence-electron chi connectivity index (χ1n) is 6.44. The van der Waals surface area contributed by atoms with E-state index in [0.717, 1.165) is 25.9 Å². The minimum Gasteiger partial charge on any atom is -0.385 e. The Bertz CT molecular complexity index is 312. The first-order valence-corrected chi connectivity index (χ1v) is 6.44. The van der Waals surface area contributed by atoms with Crippen LogP contribution in [-0.2, 0) is 11.2 Å². The highest BCUT2D eigenvalue weighted by atomic mass is 16.5. The minimum absolute atomic E-state index is 0.125. The fraction of sp³-hybridized carbons (Fsp3) is 0.600. The lowest BCUT2D eigenvalue weighted by atomic mass is 9.77. The van der Waals surface area contributed by atoms with E-state index in [1.807, 2.05) is 6.07 Å². The van der Waals surface area contributed by atoms with Crippen molar-refractivity contribution in [2.45, 2.75) is 38.6 Å². The maximum absolute atomic E-state index is 6.56. The number of hydrogen-bond acceptors (Lipinski definition) is 2. The molecule has 2 heteroatoms. The lowest BCUT2D eigenvalue weighted by Crippen LogP contribution is -2.48. The predicted molar refractivity (Wildman–Crippen MR) is 73.0 cm³/mol. The van der Waals surface area contributed by atoms with Crippen molar-refractivity contribution < 1.29 is 4.74 Å². The Morgan fingerprint density at radius 2 is 1.94 bits per heavy atom. The number of nitrogens with two attached hydrogens (primary N) is 1. The van der Waals surface area contributed by atoms with Crippen molar-refractivity contribution in [3.63, 3.8) is 0 Å². The van der Waals surface area contributed by atoms with Gasteiger partial charge in [0, 0.05) is 19.3 Å². The van der Waals surface area contributed by atoms with Gasteiger partial charge in [-0.2, -0.15) is 0 Å². The van der Waals surface area contributed by atoms with Gasteiger partial charge in [-0.25, -0.2) is 0 Å². The van der Waals surface area contributed by atoms with Crippen LogP contribution in [0.2, 0.25) is 0 Å². The van der Waals surface area contributed by atoms with Crippen LogP contribution >= 0.6 is 0 Å². The first kappa shape index (κ1) is 14.2. The second-order valence-corrected chi connectivity index (χ2v) is 4.93. The second-order valence-electron chi connectivity index (χ2n) is 4.93. The summed E-state index contributed by atoms with van der Waals surface area (Å²) in [6, 6.07) is 10.5. The number of benzene rings is 1. The Morgan fingerprint density at radius 3 is 2.47 bits per heavy atom. The van der Waals surface area contributed by atoms with Crippen LogP contribution in [0.15, 0.2) is 30.3 Å². The molecular weight excluding hydrogens is 210 g/mol. The average molecular weight is 235 g/mol. The third kappa shape index (κ3) is 4.14. The van der Waals surface area contributed by atoms with Gasteiger partial charge in [-0.05, 0) is 30.7 Å². The quantitative estimate of drug-likeness (QED) is 0.788. The van der Waals surface area contributed by atoms with Gasteiger partial charge in [0.15, 0.2) is 0 Å². The van der Waals surface area contributed by atoms with Crippen LogP contribution in [0.25, 0.3) is 0 Å². The monoisotopic (exact) mass is 235 g/mol. The molecule has 0 aliphatic heterocycles. The van der Waals surface area contributed by atoms with Gasteiger partial charge in [0.2, 0.25) is 0 Å². The summed E-state index contributed by atoms with van der Waals surface area (Å²) in [5.74, 6) is 0.465. The highest BCUT2D eigenvalue weighted by molar-refractivity contribution is 5.18. The van der Waals surface area contributed by atoms with Gasteiger partial charge >= 0.3 is 0 Å². The average Bonchev–Trinajstić information content (AvgIpc) is 2.36. The van der Waals surface area contributed by atoms with E-state index in [1.165, 1.54) is 5.56 Å². The molecule has 0 spiro atoms. The van der Waals surface area contributed by atoms with Gasteiger partial charge in [-0.3, -0.25) is 0 Å². The molecule has 96 valence electrons. The molecule has 0 radical (unpaired) electrons. The topological polar surface area (TPSA) is 35.2 Å². The maximum Gasteiger partial charge on any atom is 0.0465 e. The third-order valence-electron chi connectivity index (χ3n) is 3.77. The molecule has 0 bridgehead atoms. The zero-order valence-electron chi connectivity index (χ0n) is 11.3. The Hall–Kier alpha value is -0.860. The lowest BCUT2D eigenvalue weighted by Gasteiger charge is -2.35. The molecule has 17 heavy (non-hydrogen) atoms. The molecule has 2 unspecified atom stereocenters. The largest absolute Gasteiger partial charge is 0.385 e. The van der Waals surface area contributed by atoms with Gasteiger partial charge in [-0.15, -0.1) is 0 Å². The zero-order valence-corrected chi connectivity index (χ0v) is 11.3. The lowest BCUT2D eigenvalue weighted by molar-refractivity contribution is 0.152. The standard InChI is InChI=1S/C15H25NO/c1-4-15(16,13(2)10-11-17-3)12-14-8-6-5-7-9-14/h5-9,13H,4,10-12,16H2,1-3H3. The molecule has 2 nitrogen and oxygen atoms in total. The van der Waals surface area contributed by atoms with Crippen molar-refractivity contribution in [1.29, 1.82) is 0 Å². The molecule has 0 fully saturated rings. The van der Waals surface area contributed by atoms with Crippen LogP contribution < -0.4 is 5.73 Å². The summed E-state index contributed by atoms with van der Waals surface area (Å²) in [7, 11) is 1.74. The summed E-state index contributed by atoms with van der Waals surface area (Å²) in [6.45, 7) is 5.19. The molecule has 0 aliphatic rings. The van der Waals surface area contributed by atoms with Crippen LogP contribution in [0.3, 0.4) is 0 Å². The number of ether oxygens (including phenoxy) is 1. The summed E-state index contributed by atoms with van der Waals surface area (Å²) in [5.41, 5.74) is 7.75. The van der Waals surface area contributed by atoms with Crippen molar-refractivity contribution in [3.8, 4) is 0 Å². The number of methoxy groups -OCH3 is 1. The SMILES string of the molecule is CCC(N)(Cc1ccccc1)C(C)CCOC. The molecule has 0 saturated carbocycles. The summed E-state index contributed by atoms with van der Waals surface area (Å²) >= 11 is 0. The molecular formula is C15H25NO. The van der Waals surface area contributed by atoms with E-state index in [9.17, 15) is 0 Å². The van der Waals surface area contributed by atoms with Crippen molar-refractivity contribution in [1.82, 2.24) is 0 Å². The number of hydrogen-bond donors (Lipinski definition) is 1. The van der Waals surface area contributed by atoms with E-state index >= 15 is 0 Å². The summed E-state index contributed by atoms with van der Waals surface area (Å²) in [5, 5.41) is 0. The zero-order chi connectivity index (χ0) is 12.7. The van der Waals surface area contributed by atoms with Gasteiger partial charge in [0.1, 0.15) is 0 Å². The van der Waals surface area contributed by atoms with E-state index in [2.05, 4.69) is 38.1 Å². The van der Waals surface area contributed by atoms with E-state index in [1.54, 1.807) is 7.11 Å². The molecule has 2 atom stereocenters. The van der Waals surface area contributed by atoms with E-state index < -0.39 is 0 Å². The third-order valence-corrected chi connectivity index (χ3v) is 3.77. The van der Waals surface area contributed by atoms with Gasteiger partial charge in [-0.1, -0.05) is 44.2 Å². The van der Waals surface area contributed by atoms with Crippen molar-refractivity contribution >= 4 is 0 Å². The fourth-order valence-electron chi connectivity index (χ4n) is 2.21. The van der Waals surface area contributed by atoms with E-state index in [0.29, 0.717) is 5.92 Å². The van der Waals surface area contributed by atoms with Crippen LogP contribution in [0.5, 0.6) is 0 Å². The Morgan fingerprint density at radius 1 is 1.29 bits per heavy atom. The Balaban J connectivity index is 2.67. The molecule has 0 heterocycles. The maximum atomic E-state index is 6.56.